The number of hydrogen-bond donors (Lipinski definition) is 0. The first-order valence-electron chi connectivity index (χ1n) is 22.6. The fraction of sp³-hybridized carbons (Fsp3) is 0. The quantitative estimate of drug-likeness (QED) is 0.148. The van der Waals surface area contributed by atoms with Gasteiger partial charge in [-0.2, -0.15) is 0 Å². The van der Waals surface area contributed by atoms with Gasteiger partial charge in [-0.25, -0.2) is 0 Å². The number of anilines is 9. The standard InChI is InChI=1S/C60H42BN3Si/c1-7-23-43(24-8-1)62(44-25-9-2-10-26-44)47-39-56-60-57(40-47)64(46-29-13-4-14-30-46)55-41-51-50-35-19-22-38-58(50)65(48-31-15-5-16-32-48,49-33-17-6-18-34-49)59(51)42-53(55)61(60)52-36-20-21-37-54(52)63(56)45-27-11-3-12-28-45/h1-42H. The molecule has 0 bridgehead atoms. The molecule has 3 aliphatic rings. The Hall–Kier alpha value is -8.12. The molecule has 0 atom stereocenters. The minimum Gasteiger partial charge on any atom is -0.311 e. The fourth-order valence-corrected chi connectivity index (χ4v) is 16.5. The maximum Gasteiger partial charge on any atom is 0.252 e. The number of fused-ring (bicyclic) bond motifs is 7. The highest BCUT2D eigenvalue weighted by Crippen LogP contribution is 2.48. The third-order valence-electron chi connectivity index (χ3n) is 13.9. The second-order valence-electron chi connectivity index (χ2n) is 17.2. The van der Waals surface area contributed by atoms with Gasteiger partial charge in [-0.3, -0.25) is 0 Å². The zero-order valence-corrected chi connectivity index (χ0v) is 36.7. The monoisotopic (exact) mass is 843 g/mol. The molecule has 0 unspecified atom stereocenters. The van der Waals surface area contributed by atoms with Crippen molar-refractivity contribution in [1.82, 2.24) is 0 Å². The molecule has 65 heavy (non-hydrogen) atoms. The largest absolute Gasteiger partial charge is 0.311 e. The lowest BCUT2D eigenvalue weighted by Crippen LogP contribution is -2.73. The van der Waals surface area contributed by atoms with Crippen molar-refractivity contribution in [2.75, 3.05) is 14.7 Å². The maximum absolute atomic E-state index is 2.81. The predicted octanol–water partition coefficient (Wildman–Crippen LogP) is 10.6. The second-order valence-corrected chi connectivity index (χ2v) is 21.0. The van der Waals surface area contributed by atoms with Crippen LogP contribution in [-0.4, -0.2) is 14.8 Å². The van der Waals surface area contributed by atoms with Crippen LogP contribution in [0.15, 0.2) is 255 Å². The van der Waals surface area contributed by atoms with Crippen LogP contribution in [0.2, 0.25) is 0 Å². The van der Waals surface area contributed by atoms with E-state index < -0.39 is 8.07 Å². The van der Waals surface area contributed by atoms with Crippen LogP contribution in [0.25, 0.3) is 11.1 Å². The molecule has 10 aromatic rings. The van der Waals surface area contributed by atoms with E-state index in [2.05, 4.69) is 269 Å². The van der Waals surface area contributed by atoms with Crippen LogP contribution in [0.4, 0.5) is 51.2 Å². The summed E-state index contributed by atoms with van der Waals surface area (Å²) in [5, 5.41) is 5.70. The normalized spacial score (nSPS) is 13.6. The van der Waals surface area contributed by atoms with Crippen molar-refractivity contribution in [2.24, 2.45) is 0 Å². The zero-order chi connectivity index (χ0) is 42.9. The highest BCUT2D eigenvalue weighted by molar-refractivity contribution is 7.22. The van der Waals surface area contributed by atoms with E-state index in [0.29, 0.717) is 0 Å². The van der Waals surface area contributed by atoms with E-state index in [-0.39, 0.29) is 6.71 Å². The molecule has 3 heterocycles. The van der Waals surface area contributed by atoms with Crippen LogP contribution >= 0.6 is 0 Å². The van der Waals surface area contributed by atoms with Gasteiger partial charge in [0.05, 0.1) is 5.69 Å². The number of benzene rings is 10. The maximum atomic E-state index is 2.66. The van der Waals surface area contributed by atoms with Crippen LogP contribution in [0, 0.1) is 0 Å². The molecule has 3 nitrogen and oxygen atoms in total. The molecule has 0 amide bonds. The summed E-state index contributed by atoms with van der Waals surface area (Å²) in [7, 11) is -2.81. The molecule has 0 N–H and O–H groups in total. The Morgan fingerprint density at radius 1 is 0.323 bits per heavy atom. The van der Waals surface area contributed by atoms with Crippen molar-refractivity contribution < 1.29 is 0 Å². The van der Waals surface area contributed by atoms with Crippen molar-refractivity contribution in [3.8, 4) is 11.1 Å². The summed E-state index contributed by atoms with van der Waals surface area (Å²) in [4.78, 5) is 7.48. The Balaban J connectivity index is 1.17. The minimum absolute atomic E-state index is 0.0469. The van der Waals surface area contributed by atoms with Gasteiger partial charge in [-0.05, 0) is 121 Å². The Morgan fingerprint density at radius 3 is 1.35 bits per heavy atom. The Labute approximate surface area is 381 Å². The second kappa shape index (κ2) is 15.0. The van der Waals surface area contributed by atoms with E-state index in [0.717, 1.165) is 28.4 Å². The summed E-state index contributed by atoms with van der Waals surface area (Å²) in [5.41, 5.74) is 16.9. The molecular formula is C60H42BN3Si. The van der Waals surface area contributed by atoms with Gasteiger partial charge in [0.15, 0.2) is 8.07 Å². The lowest BCUT2D eigenvalue weighted by Gasteiger charge is -2.45. The van der Waals surface area contributed by atoms with Crippen molar-refractivity contribution in [3.63, 3.8) is 0 Å². The molecule has 0 radical (unpaired) electrons. The molecule has 3 aliphatic heterocycles. The Kier molecular flexibility index (Phi) is 8.65. The van der Waals surface area contributed by atoms with Gasteiger partial charge < -0.3 is 14.7 Å². The van der Waals surface area contributed by atoms with Crippen molar-refractivity contribution in [1.29, 1.82) is 0 Å². The van der Waals surface area contributed by atoms with E-state index in [1.165, 1.54) is 71.0 Å². The topological polar surface area (TPSA) is 9.72 Å². The average molecular weight is 844 g/mol. The fourth-order valence-electron chi connectivity index (χ4n) is 11.3. The molecule has 0 fully saturated rings. The predicted molar refractivity (Wildman–Crippen MR) is 278 cm³/mol. The molecule has 0 spiro atoms. The molecule has 304 valence electrons. The lowest BCUT2D eigenvalue weighted by molar-refractivity contribution is 1.23. The Bertz CT molecular complexity index is 3310. The van der Waals surface area contributed by atoms with Crippen molar-refractivity contribution in [3.05, 3.63) is 255 Å². The minimum atomic E-state index is -2.81. The number of para-hydroxylation sites is 5. The van der Waals surface area contributed by atoms with Gasteiger partial charge in [0.1, 0.15) is 0 Å². The lowest BCUT2D eigenvalue weighted by atomic mass is 9.33. The molecule has 0 aromatic heterocycles. The smallest absolute Gasteiger partial charge is 0.252 e. The number of nitrogens with zero attached hydrogens (tertiary/aromatic N) is 3. The molecule has 0 aliphatic carbocycles. The summed E-state index contributed by atoms with van der Waals surface area (Å²) in [6, 6.07) is 94.8. The van der Waals surface area contributed by atoms with Gasteiger partial charge in [-0.15, -0.1) is 0 Å². The van der Waals surface area contributed by atoms with E-state index in [9.17, 15) is 0 Å². The van der Waals surface area contributed by atoms with Crippen LogP contribution in [0.3, 0.4) is 0 Å². The van der Waals surface area contributed by atoms with E-state index in [1.54, 1.807) is 0 Å². The van der Waals surface area contributed by atoms with Crippen LogP contribution in [-0.2, 0) is 0 Å². The van der Waals surface area contributed by atoms with E-state index in [4.69, 9.17) is 0 Å². The van der Waals surface area contributed by atoms with E-state index in [1.807, 2.05) is 0 Å². The highest BCUT2D eigenvalue weighted by Gasteiger charge is 2.51. The first-order valence-corrected chi connectivity index (χ1v) is 24.6. The summed E-state index contributed by atoms with van der Waals surface area (Å²) in [6.45, 7) is -0.0469. The highest BCUT2D eigenvalue weighted by atomic mass is 28.3. The Morgan fingerprint density at radius 2 is 0.785 bits per heavy atom. The van der Waals surface area contributed by atoms with Gasteiger partial charge >= 0.3 is 0 Å². The molecule has 0 saturated carbocycles. The van der Waals surface area contributed by atoms with Gasteiger partial charge in [0, 0.05) is 45.5 Å². The van der Waals surface area contributed by atoms with Gasteiger partial charge in [0.25, 0.3) is 6.71 Å². The first kappa shape index (κ1) is 37.4. The van der Waals surface area contributed by atoms with Crippen molar-refractivity contribution >= 4 is 103 Å². The summed E-state index contributed by atoms with van der Waals surface area (Å²) < 4.78 is 0. The summed E-state index contributed by atoms with van der Waals surface area (Å²) in [5.74, 6) is 0. The van der Waals surface area contributed by atoms with Crippen molar-refractivity contribution in [2.45, 2.75) is 0 Å². The third-order valence-corrected chi connectivity index (χ3v) is 18.7. The molecule has 0 saturated heterocycles. The summed E-state index contributed by atoms with van der Waals surface area (Å²) in [6.07, 6.45) is 0. The third kappa shape index (κ3) is 5.62. The van der Waals surface area contributed by atoms with Gasteiger partial charge in [-0.1, -0.05) is 182 Å². The molecular weight excluding hydrogens is 802 g/mol. The number of rotatable bonds is 7. The number of hydrogen-bond acceptors (Lipinski definition) is 3. The van der Waals surface area contributed by atoms with E-state index >= 15 is 0 Å². The molecule has 10 aromatic carbocycles. The van der Waals surface area contributed by atoms with Gasteiger partial charge in [0.2, 0.25) is 0 Å². The zero-order valence-electron chi connectivity index (χ0n) is 35.7. The SMILES string of the molecule is c1ccc(N(c2ccccc2)c2cc3c4c(c2)N(c2ccccc2)c2cc5c(cc2B4c2ccccc2N3c2ccccc2)[Si](c2ccccc2)(c2ccccc2)c2ccccc2-5)cc1. The first-order chi connectivity index (χ1) is 32.3. The van der Waals surface area contributed by atoms with Crippen LogP contribution in [0.1, 0.15) is 0 Å². The molecule has 5 heteroatoms. The van der Waals surface area contributed by atoms with Crippen LogP contribution < -0.4 is 51.8 Å². The summed E-state index contributed by atoms with van der Waals surface area (Å²) >= 11 is 0. The average Bonchev–Trinajstić information content (AvgIpc) is 3.67. The molecule has 13 rings (SSSR count). The van der Waals surface area contributed by atoms with Crippen LogP contribution in [0.5, 0.6) is 0 Å².